The Bertz CT molecular complexity index is 931. The third-order valence-electron chi connectivity index (χ3n) is 6.06. The van der Waals surface area contributed by atoms with Crippen LogP contribution in [0, 0.1) is 5.92 Å². The second kappa shape index (κ2) is 8.30. The lowest BCUT2D eigenvalue weighted by Gasteiger charge is -2.32. The van der Waals surface area contributed by atoms with E-state index in [4.69, 9.17) is 0 Å². The number of nitrogens with one attached hydrogen (secondary N) is 1. The fraction of sp³-hybridized carbons (Fsp3) is 0.375. The molecule has 2 heterocycles. The van der Waals surface area contributed by atoms with E-state index in [1.165, 1.54) is 0 Å². The molecule has 2 aliphatic heterocycles. The van der Waals surface area contributed by atoms with Crippen molar-refractivity contribution in [2.45, 2.75) is 31.7 Å². The number of nitrogens with zero attached hydrogens (tertiary/aromatic N) is 2. The van der Waals surface area contributed by atoms with Gasteiger partial charge in [0.2, 0.25) is 5.91 Å². The molecule has 0 saturated carbocycles. The number of carbonyl (C=O) groups is 3. The first-order chi connectivity index (χ1) is 14.5. The van der Waals surface area contributed by atoms with Crippen molar-refractivity contribution in [1.82, 2.24) is 15.1 Å². The van der Waals surface area contributed by atoms with Crippen molar-refractivity contribution in [3.63, 3.8) is 0 Å². The normalized spacial score (nSPS) is 24.1. The highest BCUT2D eigenvalue weighted by Crippen LogP contribution is 2.33. The van der Waals surface area contributed by atoms with Crippen LogP contribution in [-0.2, 0) is 21.5 Å². The lowest BCUT2D eigenvalue weighted by Crippen LogP contribution is -2.48. The van der Waals surface area contributed by atoms with E-state index in [0.717, 1.165) is 23.3 Å². The summed E-state index contributed by atoms with van der Waals surface area (Å²) in [6.07, 6.45) is 2.38. The van der Waals surface area contributed by atoms with Crippen LogP contribution in [0.1, 0.15) is 30.9 Å². The van der Waals surface area contributed by atoms with Gasteiger partial charge in [-0.25, -0.2) is 4.79 Å². The molecule has 6 nitrogen and oxygen atoms in total. The number of benzene rings is 2. The summed E-state index contributed by atoms with van der Waals surface area (Å²) in [7, 11) is 0. The number of amides is 4. The van der Waals surface area contributed by atoms with E-state index >= 15 is 0 Å². The van der Waals surface area contributed by atoms with Crippen LogP contribution in [0.25, 0.3) is 0 Å². The molecule has 0 radical (unpaired) electrons. The van der Waals surface area contributed by atoms with Gasteiger partial charge in [-0.2, -0.15) is 0 Å². The number of hydrogen-bond donors (Lipinski definition) is 1. The minimum Gasteiger partial charge on any atom is -0.341 e. The molecule has 0 aromatic heterocycles. The van der Waals surface area contributed by atoms with Crippen LogP contribution in [0.15, 0.2) is 60.7 Å². The van der Waals surface area contributed by atoms with Crippen molar-refractivity contribution in [3.05, 3.63) is 71.8 Å². The first-order valence-corrected chi connectivity index (χ1v) is 10.5. The van der Waals surface area contributed by atoms with Gasteiger partial charge in [-0.3, -0.25) is 14.5 Å². The van der Waals surface area contributed by atoms with Crippen molar-refractivity contribution in [2.24, 2.45) is 5.92 Å². The first-order valence-electron chi connectivity index (χ1n) is 10.5. The quantitative estimate of drug-likeness (QED) is 0.778. The fourth-order valence-electron chi connectivity index (χ4n) is 4.46. The van der Waals surface area contributed by atoms with Gasteiger partial charge in [0.1, 0.15) is 6.54 Å². The van der Waals surface area contributed by atoms with E-state index in [-0.39, 0.29) is 18.4 Å². The van der Waals surface area contributed by atoms with Crippen LogP contribution in [0.4, 0.5) is 4.79 Å². The molecule has 2 aromatic carbocycles. The standard InChI is InChI=1S/C24H27N3O3/c1-18-9-8-14-26(16-18)21(28)17-27-22(29)24(25-23(27)30,20-12-6-3-7-13-20)15-19-10-4-2-5-11-19/h2-7,10-13,18H,8-9,14-17H2,1H3,(H,25,30)/t18-,24+/m1/s1. The highest BCUT2D eigenvalue weighted by Gasteiger charge is 2.53. The second-order valence-corrected chi connectivity index (χ2v) is 8.34. The Labute approximate surface area is 176 Å². The van der Waals surface area contributed by atoms with E-state index < -0.39 is 11.6 Å². The molecule has 2 atom stereocenters. The number of carbonyl (C=O) groups excluding carboxylic acids is 3. The molecule has 0 bridgehead atoms. The van der Waals surface area contributed by atoms with Crippen LogP contribution in [0.2, 0.25) is 0 Å². The molecule has 4 amide bonds. The van der Waals surface area contributed by atoms with Crippen molar-refractivity contribution >= 4 is 17.8 Å². The molecule has 6 heteroatoms. The van der Waals surface area contributed by atoms with Gasteiger partial charge in [-0.05, 0) is 29.9 Å². The average Bonchev–Trinajstić information content (AvgIpc) is 3.00. The summed E-state index contributed by atoms with van der Waals surface area (Å²) in [5.74, 6) is -0.109. The summed E-state index contributed by atoms with van der Waals surface area (Å²) in [5, 5.41) is 2.92. The maximum Gasteiger partial charge on any atom is 0.325 e. The topological polar surface area (TPSA) is 69.7 Å². The van der Waals surface area contributed by atoms with Crippen molar-refractivity contribution in [2.75, 3.05) is 19.6 Å². The molecule has 1 N–H and O–H groups in total. The SMILES string of the molecule is C[C@@H]1CCCN(C(=O)CN2C(=O)N[C@@](Cc3ccccc3)(c3ccccc3)C2=O)C1. The number of rotatable bonds is 5. The van der Waals surface area contributed by atoms with Crippen LogP contribution < -0.4 is 5.32 Å². The van der Waals surface area contributed by atoms with Gasteiger partial charge in [-0.1, -0.05) is 67.6 Å². The van der Waals surface area contributed by atoms with Gasteiger partial charge in [0, 0.05) is 19.5 Å². The third kappa shape index (κ3) is 3.82. The molecule has 0 spiro atoms. The summed E-state index contributed by atoms with van der Waals surface area (Å²) < 4.78 is 0. The smallest absolute Gasteiger partial charge is 0.325 e. The van der Waals surface area contributed by atoms with Gasteiger partial charge in [0.25, 0.3) is 5.91 Å². The Morgan fingerprint density at radius 2 is 1.73 bits per heavy atom. The molecule has 2 aromatic rings. The van der Waals surface area contributed by atoms with E-state index in [1.807, 2.05) is 60.7 Å². The van der Waals surface area contributed by atoms with Crippen molar-refractivity contribution < 1.29 is 14.4 Å². The van der Waals surface area contributed by atoms with Crippen molar-refractivity contribution in [1.29, 1.82) is 0 Å². The fourth-order valence-corrected chi connectivity index (χ4v) is 4.46. The van der Waals surface area contributed by atoms with Gasteiger partial charge < -0.3 is 10.2 Å². The summed E-state index contributed by atoms with van der Waals surface area (Å²) >= 11 is 0. The Kier molecular flexibility index (Phi) is 5.57. The first kappa shape index (κ1) is 20.1. The Morgan fingerprint density at radius 1 is 1.07 bits per heavy atom. The molecule has 156 valence electrons. The van der Waals surface area contributed by atoms with Crippen LogP contribution in [0.5, 0.6) is 0 Å². The summed E-state index contributed by atoms with van der Waals surface area (Å²) in [5.41, 5.74) is 0.441. The second-order valence-electron chi connectivity index (χ2n) is 8.34. The minimum atomic E-state index is -1.21. The number of likely N-dealkylation sites (tertiary alicyclic amines) is 1. The highest BCUT2D eigenvalue weighted by atomic mass is 16.2. The monoisotopic (exact) mass is 405 g/mol. The predicted molar refractivity (Wildman–Crippen MR) is 113 cm³/mol. The zero-order valence-corrected chi connectivity index (χ0v) is 17.2. The lowest BCUT2D eigenvalue weighted by atomic mass is 9.83. The van der Waals surface area contributed by atoms with E-state index in [0.29, 0.717) is 31.0 Å². The van der Waals surface area contributed by atoms with E-state index in [1.54, 1.807) is 4.90 Å². The highest BCUT2D eigenvalue weighted by molar-refractivity contribution is 6.09. The number of piperidine rings is 1. The lowest BCUT2D eigenvalue weighted by molar-refractivity contribution is -0.140. The van der Waals surface area contributed by atoms with E-state index in [2.05, 4.69) is 12.2 Å². The van der Waals surface area contributed by atoms with Gasteiger partial charge in [0.05, 0.1) is 0 Å². The molecular weight excluding hydrogens is 378 g/mol. The molecule has 0 unspecified atom stereocenters. The number of hydrogen-bond acceptors (Lipinski definition) is 3. The van der Waals surface area contributed by atoms with Crippen LogP contribution >= 0.6 is 0 Å². The number of urea groups is 1. The van der Waals surface area contributed by atoms with Crippen LogP contribution in [-0.4, -0.2) is 47.3 Å². The van der Waals surface area contributed by atoms with Crippen molar-refractivity contribution in [3.8, 4) is 0 Å². The molecule has 2 fully saturated rings. The van der Waals surface area contributed by atoms with Gasteiger partial charge in [-0.15, -0.1) is 0 Å². The molecule has 2 saturated heterocycles. The minimum absolute atomic E-state index is 0.173. The predicted octanol–water partition coefficient (Wildman–Crippen LogP) is 2.93. The zero-order chi connectivity index (χ0) is 21.1. The summed E-state index contributed by atoms with van der Waals surface area (Å²) in [4.78, 5) is 42.2. The Balaban J connectivity index is 1.61. The molecule has 0 aliphatic carbocycles. The summed E-state index contributed by atoms with van der Waals surface area (Å²) in [6.45, 7) is 3.26. The molecule has 30 heavy (non-hydrogen) atoms. The maximum absolute atomic E-state index is 13.6. The third-order valence-corrected chi connectivity index (χ3v) is 6.06. The van der Waals surface area contributed by atoms with Gasteiger partial charge in [0.15, 0.2) is 5.54 Å². The van der Waals surface area contributed by atoms with Gasteiger partial charge >= 0.3 is 6.03 Å². The maximum atomic E-state index is 13.6. The molecule has 4 rings (SSSR count). The summed E-state index contributed by atoms with van der Waals surface area (Å²) in [6, 6.07) is 18.4. The molecular formula is C24H27N3O3. The zero-order valence-electron chi connectivity index (χ0n) is 17.2. The average molecular weight is 405 g/mol. The largest absolute Gasteiger partial charge is 0.341 e. The molecule has 2 aliphatic rings. The Hall–Kier alpha value is -3.15. The van der Waals surface area contributed by atoms with Crippen LogP contribution in [0.3, 0.4) is 0 Å². The Morgan fingerprint density at radius 3 is 2.40 bits per heavy atom. The van der Waals surface area contributed by atoms with E-state index in [9.17, 15) is 14.4 Å². The number of imide groups is 1.